The standard InChI is InChI=1S/C13H15N3O2/c1-2-10-8-12(16-15-10)14-13(18)7-9-5-3-4-6-11(9)17/h3-6,8,17H,2,7H2,1H3,(H2,14,15,16,18). The maximum Gasteiger partial charge on any atom is 0.230 e. The molecule has 3 N–H and O–H groups in total. The van der Waals surface area contributed by atoms with Crippen LogP contribution in [0, 0.1) is 0 Å². The minimum Gasteiger partial charge on any atom is -0.508 e. The van der Waals surface area contributed by atoms with E-state index in [0.29, 0.717) is 11.4 Å². The number of carbonyl (C=O) groups excluding carboxylic acids is 1. The third-order valence-electron chi connectivity index (χ3n) is 2.62. The highest BCUT2D eigenvalue weighted by molar-refractivity contribution is 5.91. The first-order chi connectivity index (χ1) is 8.69. The minimum atomic E-state index is -0.203. The molecule has 0 fully saturated rings. The van der Waals surface area contributed by atoms with Gasteiger partial charge in [-0.05, 0) is 12.5 Å². The lowest BCUT2D eigenvalue weighted by Crippen LogP contribution is -2.14. The lowest BCUT2D eigenvalue weighted by Gasteiger charge is -2.03. The molecule has 0 bridgehead atoms. The second kappa shape index (κ2) is 5.35. The number of aromatic amines is 1. The Balaban J connectivity index is 1.99. The van der Waals surface area contributed by atoms with Crippen LogP contribution in [0.25, 0.3) is 0 Å². The number of carbonyl (C=O) groups is 1. The maximum absolute atomic E-state index is 11.8. The first-order valence-corrected chi connectivity index (χ1v) is 5.80. The third kappa shape index (κ3) is 2.88. The van der Waals surface area contributed by atoms with Crippen molar-refractivity contribution in [2.75, 3.05) is 5.32 Å². The van der Waals surface area contributed by atoms with Gasteiger partial charge < -0.3 is 10.4 Å². The number of hydrogen-bond acceptors (Lipinski definition) is 3. The molecule has 0 aliphatic carbocycles. The molecule has 5 heteroatoms. The van der Waals surface area contributed by atoms with Crippen LogP contribution in [0.15, 0.2) is 30.3 Å². The molecule has 0 aliphatic rings. The van der Waals surface area contributed by atoms with Gasteiger partial charge in [0.05, 0.1) is 6.42 Å². The SMILES string of the molecule is CCc1cc(NC(=O)Cc2ccccc2O)n[nH]1. The van der Waals surface area contributed by atoms with Crippen molar-refractivity contribution in [3.8, 4) is 5.75 Å². The molecule has 0 saturated carbocycles. The van der Waals surface area contributed by atoms with Crippen molar-refractivity contribution in [1.82, 2.24) is 10.2 Å². The summed E-state index contributed by atoms with van der Waals surface area (Å²) < 4.78 is 0. The largest absolute Gasteiger partial charge is 0.508 e. The monoisotopic (exact) mass is 245 g/mol. The second-order valence-electron chi connectivity index (χ2n) is 3.99. The van der Waals surface area contributed by atoms with Crippen molar-refractivity contribution >= 4 is 11.7 Å². The fourth-order valence-corrected chi connectivity index (χ4v) is 1.63. The van der Waals surface area contributed by atoms with Gasteiger partial charge in [0.2, 0.25) is 5.91 Å². The fraction of sp³-hybridized carbons (Fsp3) is 0.231. The molecule has 0 atom stereocenters. The number of phenolic OH excluding ortho intramolecular Hbond substituents is 1. The summed E-state index contributed by atoms with van der Waals surface area (Å²) in [6.07, 6.45) is 0.962. The van der Waals surface area contributed by atoms with Crippen molar-refractivity contribution < 1.29 is 9.90 Å². The zero-order chi connectivity index (χ0) is 13.0. The number of aromatic nitrogens is 2. The number of phenols is 1. The molecular weight excluding hydrogens is 230 g/mol. The zero-order valence-corrected chi connectivity index (χ0v) is 10.1. The van der Waals surface area contributed by atoms with Gasteiger partial charge in [0.15, 0.2) is 5.82 Å². The van der Waals surface area contributed by atoms with Crippen LogP contribution in [0.4, 0.5) is 5.82 Å². The number of anilines is 1. The summed E-state index contributed by atoms with van der Waals surface area (Å²) in [6, 6.07) is 8.58. The summed E-state index contributed by atoms with van der Waals surface area (Å²) >= 11 is 0. The van der Waals surface area contributed by atoms with E-state index < -0.39 is 0 Å². The highest BCUT2D eigenvalue weighted by atomic mass is 16.3. The molecule has 1 aromatic carbocycles. The van der Waals surface area contributed by atoms with Gasteiger partial charge >= 0.3 is 0 Å². The number of amides is 1. The molecule has 2 aromatic rings. The van der Waals surface area contributed by atoms with E-state index in [1.165, 1.54) is 0 Å². The van der Waals surface area contributed by atoms with Gasteiger partial charge in [0, 0.05) is 17.3 Å². The van der Waals surface area contributed by atoms with Crippen LogP contribution >= 0.6 is 0 Å². The number of nitrogens with zero attached hydrogens (tertiary/aromatic N) is 1. The molecule has 1 amide bonds. The molecule has 0 radical (unpaired) electrons. The molecule has 2 rings (SSSR count). The Morgan fingerprint density at radius 2 is 2.22 bits per heavy atom. The van der Waals surface area contributed by atoms with Crippen LogP contribution in [0.3, 0.4) is 0 Å². The smallest absolute Gasteiger partial charge is 0.230 e. The molecule has 0 saturated heterocycles. The first-order valence-electron chi connectivity index (χ1n) is 5.80. The Morgan fingerprint density at radius 1 is 1.44 bits per heavy atom. The third-order valence-corrected chi connectivity index (χ3v) is 2.62. The molecule has 0 spiro atoms. The van der Waals surface area contributed by atoms with E-state index in [2.05, 4.69) is 15.5 Å². The Kier molecular flexibility index (Phi) is 3.62. The van der Waals surface area contributed by atoms with Crippen LogP contribution in [0.2, 0.25) is 0 Å². The highest BCUT2D eigenvalue weighted by Crippen LogP contribution is 2.16. The van der Waals surface area contributed by atoms with Crippen LogP contribution < -0.4 is 5.32 Å². The van der Waals surface area contributed by atoms with Gasteiger partial charge in [0.25, 0.3) is 0 Å². The maximum atomic E-state index is 11.8. The summed E-state index contributed by atoms with van der Waals surface area (Å²) in [5.74, 6) is 0.432. The lowest BCUT2D eigenvalue weighted by molar-refractivity contribution is -0.115. The van der Waals surface area contributed by atoms with Gasteiger partial charge in [-0.2, -0.15) is 5.10 Å². The average Bonchev–Trinajstić information content (AvgIpc) is 2.80. The van der Waals surface area contributed by atoms with E-state index >= 15 is 0 Å². The summed E-state index contributed by atoms with van der Waals surface area (Å²) in [7, 11) is 0. The van der Waals surface area contributed by atoms with Crippen molar-refractivity contribution in [2.24, 2.45) is 0 Å². The van der Waals surface area contributed by atoms with Crippen LogP contribution in [0.5, 0.6) is 5.75 Å². The topological polar surface area (TPSA) is 78.0 Å². The first kappa shape index (κ1) is 12.2. The lowest BCUT2D eigenvalue weighted by atomic mass is 10.1. The van der Waals surface area contributed by atoms with Gasteiger partial charge in [-0.3, -0.25) is 9.89 Å². The Labute approximate surface area is 105 Å². The van der Waals surface area contributed by atoms with E-state index in [1.807, 2.05) is 6.92 Å². The molecular formula is C13H15N3O2. The highest BCUT2D eigenvalue weighted by Gasteiger charge is 2.09. The van der Waals surface area contributed by atoms with Crippen molar-refractivity contribution in [1.29, 1.82) is 0 Å². The number of aryl methyl sites for hydroxylation is 1. The van der Waals surface area contributed by atoms with E-state index in [1.54, 1.807) is 30.3 Å². The van der Waals surface area contributed by atoms with E-state index in [-0.39, 0.29) is 18.1 Å². The number of hydrogen-bond donors (Lipinski definition) is 3. The Hall–Kier alpha value is -2.30. The zero-order valence-electron chi connectivity index (χ0n) is 10.1. The number of benzene rings is 1. The van der Waals surface area contributed by atoms with Crippen molar-refractivity contribution in [3.63, 3.8) is 0 Å². The summed E-state index contributed by atoms with van der Waals surface area (Å²) in [5, 5.41) is 19.0. The van der Waals surface area contributed by atoms with Crippen LogP contribution in [-0.2, 0) is 17.6 Å². The van der Waals surface area contributed by atoms with Crippen molar-refractivity contribution in [3.05, 3.63) is 41.6 Å². The average molecular weight is 245 g/mol. The van der Waals surface area contributed by atoms with Gasteiger partial charge in [-0.25, -0.2) is 0 Å². The molecule has 5 nitrogen and oxygen atoms in total. The second-order valence-corrected chi connectivity index (χ2v) is 3.99. The van der Waals surface area contributed by atoms with Crippen LogP contribution in [-0.4, -0.2) is 21.2 Å². The summed E-state index contributed by atoms with van der Waals surface area (Å²) in [5.41, 5.74) is 1.56. The number of H-pyrrole nitrogens is 1. The molecule has 1 aromatic heterocycles. The van der Waals surface area contributed by atoms with Crippen molar-refractivity contribution in [2.45, 2.75) is 19.8 Å². The summed E-state index contributed by atoms with van der Waals surface area (Å²) in [4.78, 5) is 11.8. The van der Waals surface area contributed by atoms with Gasteiger partial charge in [-0.1, -0.05) is 25.1 Å². The Morgan fingerprint density at radius 3 is 2.89 bits per heavy atom. The minimum absolute atomic E-state index is 0.126. The van der Waals surface area contributed by atoms with E-state index in [9.17, 15) is 9.90 Å². The van der Waals surface area contributed by atoms with Gasteiger partial charge in [0.1, 0.15) is 5.75 Å². The number of para-hydroxylation sites is 1. The number of rotatable bonds is 4. The summed E-state index contributed by atoms with van der Waals surface area (Å²) in [6.45, 7) is 2.00. The Bertz CT molecular complexity index is 549. The number of aromatic hydroxyl groups is 1. The fourth-order valence-electron chi connectivity index (χ4n) is 1.63. The quantitative estimate of drug-likeness (QED) is 0.769. The predicted molar refractivity (Wildman–Crippen MR) is 68.4 cm³/mol. The van der Waals surface area contributed by atoms with E-state index in [0.717, 1.165) is 12.1 Å². The normalized spacial score (nSPS) is 10.3. The molecule has 0 unspecified atom stereocenters. The number of nitrogens with one attached hydrogen (secondary N) is 2. The van der Waals surface area contributed by atoms with E-state index in [4.69, 9.17) is 0 Å². The van der Waals surface area contributed by atoms with Gasteiger partial charge in [-0.15, -0.1) is 0 Å². The molecule has 0 aliphatic heterocycles. The van der Waals surface area contributed by atoms with Crippen LogP contribution in [0.1, 0.15) is 18.2 Å². The molecule has 18 heavy (non-hydrogen) atoms. The molecule has 94 valence electrons. The molecule has 1 heterocycles. The predicted octanol–water partition coefficient (Wildman–Crippen LogP) is 1.86.